The molecule has 0 saturated heterocycles. The Morgan fingerprint density at radius 2 is 2.05 bits per heavy atom. The maximum Gasteiger partial charge on any atom is 0.257 e. The number of amides is 1. The number of ether oxygens (including phenoxy) is 1. The van der Waals surface area contributed by atoms with E-state index >= 15 is 0 Å². The lowest BCUT2D eigenvalue weighted by Crippen LogP contribution is -2.30. The number of carbonyl (C=O) groups is 1. The summed E-state index contributed by atoms with van der Waals surface area (Å²) in [5.41, 5.74) is 2.75. The molecule has 3 nitrogen and oxygen atoms in total. The summed E-state index contributed by atoms with van der Waals surface area (Å²) in [7, 11) is 0. The van der Waals surface area contributed by atoms with Gasteiger partial charge < -0.3 is 10.1 Å². The smallest absolute Gasteiger partial charge is 0.257 e. The average molecular weight is 287 g/mol. The van der Waals surface area contributed by atoms with Gasteiger partial charge in [0.25, 0.3) is 5.91 Å². The number of aryl methyl sites for hydroxylation is 1. The lowest BCUT2D eigenvalue weighted by molar-refractivity contribution is -0.123. The number of hydrogen-bond donors (Lipinski definition) is 1. The average Bonchev–Trinajstić information content (AvgIpc) is 2.54. The van der Waals surface area contributed by atoms with Crippen molar-refractivity contribution in [2.75, 3.05) is 13.2 Å². The molecule has 1 amide bonds. The highest BCUT2D eigenvalue weighted by atomic mass is 16.5. The Labute approximate surface area is 127 Å². The van der Waals surface area contributed by atoms with Gasteiger partial charge >= 0.3 is 0 Å². The Kier molecular flexibility index (Phi) is 6.32. The van der Waals surface area contributed by atoms with Gasteiger partial charge in [0.2, 0.25) is 0 Å². The Morgan fingerprint density at radius 3 is 2.71 bits per heavy atom. The summed E-state index contributed by atoms with van der Waals surface area (Å²) < 4.78 is 5.48. The quantitative estimate of drug-likeness (QED) is 0.778. The molecule has 114 valence electrons. The molecule has 1 aromatic rings. The molecule has 1 aliphatic carbocycles. The van der Waals surface area contributed by atoms with E-state index in [1.807, 2.05) is 24.3 Å². The van der Waals surface area contributed by atoms with Crippen molar-refractivity contribution in [1.29, 1.82) is 0 Å². The van der Waals surface area contributed by atoms with Crippen molar-refractivity contribution in [3.63, 3.8) is 0 Å². The number of benzene rings is 1. The molecule has 0 saturated carbocycles. The molecule has 0 atom stereocenters. The van der Waals surface area contributed by atoms with E-state index in [4.69, 9.17) is 4.74 Å². The van der Waals surface area contributed by atoms with Gasteiger partial charge in [0, 0.05) is 6.54 Å². The molecule has 0 bridgehead atoms. The molecule has 2 rings (SSSR count). The standard InChI is InChI=1S/C18H25NO2/c1-2-15-8-10-17(11-9-15)21-14-18(20)19-13-12-16-6-4-3-5-7-16/h6,8-11H,2-5,7,12-14H2,1H3,(H,19,20). The van der Waals surface area contributed by atoms with E-state index in [2.05, 4.69) is 18.3 Å². The second kappa shape index (κ2) is 8.50. The summed E-state index contributed by atoms with van der Waals surface area (Å²) in [5.74, 6) is 0.698. The van der Waals surface area contributed by atoms with Gasteiger partial charge in [-0.25, -0.2) is 0 Å². The van der Waals surface area contributed by atoms with Crippen LogP contribution in [0.3, 0.4) is 0 Å². The van der Waals surface area contributed by atoms with Crippen LogP contribution in [0.2, 0.25) is 0 Å². The van der Waals surface area contributed by atoms with Crippen LogP contribution in [-0.4, -0.2) is 19.1 Å². The predicted octanol–water partition coefficient (Wildman–Crippen LogP) is 3.63. The SMILES string of the molecule is CCc1ccc(OCC(=O)NCCC2=CCCCC2)cc1. The monoisotopic (exact) mass is 287 g/mol. The zero-order valence-corrected chi connectivity index (χ0v) is 12.9. The highest BCUT2D eigenvalue weighted by Gasteiger charge is 2.05. The van der Waals surface area contributed by atoms with Crippen LogP contribution in [-0.2, 0) is 11.2 Å². The molecule has 1 N–H and O–H groups in total. The highest BCUT2D eigenvalue weighted by Crippen LogP contribution is 2.19. The van der Waals surface area contributed by atoms with Crippen LogP contribution in [0.25, 0.3) is 0 Å². The Hall–Kier alpha value is -1.77. The van der Waals surface area contributed by atoms with Crippen molar-refractivity contribution in [2.45, 2.75) is 45.4 Å². The van der Waals surface area contributed by atoms with Crippen LogP contribution in [0.15, 0.2) is 35.9 Å². The van der Waals surface area contributed by atoms with Gasteiger partial charge in [-0.3, -0.25) is 4.79 Å². The van der Waals surface area contributed by atoms with Gasteiger partial charge in [0.15, 0.2) is 6.61 Å². The fraction of sp³-hybridized carbons (Fsp3) is 0.500. The number of nitrogens with one attached hydrogen (secondary N) is 1. The normalized spacial score (nSPS) is 14.4. The Morgan fingerprint density at radius 1 is 1.24 bits per heavy atom. The van der Waals surface area contributed by atoms with Gasteiger partial charge in [-0.1, -0.05) is 30.7 Å². The first-order valence-corrected chi connectivity index (χ1v) is 7.94. The Bertz CT molecular complexity index is 476. The van der Waals surface area contributed by atoms with Gasteiger partial charge in [-0.15, -0.1) is 0 Å². The number of rotatable bonds is 7. The van der Waals surface area contributed by atoms with Crippen molar-refractivity contribution < 1.29 is 9.53 Å². The number of hydrogen-bond acceptors (Lipinski definition) is 2. The van der Waals surface area contributed by atoms with E-state index in [0.29, 0.717) is 6.54 Å². The summed E-state index contributed by atoms with van der Waals surface area (Å²) in [4.78, 5) is 11.7. The third-order valence-corrected chi connectivity index (χ3v) is 3.85. The predicted molar refractivity (Wildman–Crippen MR) is 85.5 cm³/mol. The van der Waals surface area contributed by atoms with Crippen LogP contribution in [0.4, 0.5) is 0 Å². The fourth-order valence-electron chi connectivity index (χ4n) is 2.52. The molecule has 21 heavy (non-hydrogen) atoms. The molecular formula is C18H25NO2. The zero-order chi connectivity index (χ0) is 14.9. The van der Waals surface area contributed by atoms with Crippen molar-refractivity contribution in [3.05, 3.63) is 41.5 Å². The molecular weight excluding hydrogens is 262 g/mol. The highest BCUT2D eigenvalue weighted by molar-refractivity contribution is 5.77. The topological polar surface area (TPSA) is 38.3 Å². The summed E-state index contributed by atoms with van der Waals surface area (Å²) in [6.45, 7) is 2.92. The van der Waals surface area contributed by atoms with Crippen molar-refractivity contribution >= 4 is 5.91 Å². The number of allylic oxidation sites excluding steroid dienone is 1. The van der Waals surface area contributed by atoms with Crippen LogP contribution in [0.1, 0.15) is 44.6 Å². The van der Waals surface area contributed by atoms with Crippen LogP contribution in [0.5, 0.6) is 5.75 Å². The van der Waals surface area contributed by atoms with E-state index in [9.17, 15) is 4.79 Å². The maximum atomic E-state index is 11.7. The molecule has 0 fully saturated rings. The largest absolute Gasteiger partial charge is 0.484 e. The van der Waals surface area contributed by atoms with Crippen LogP contribution >= 0.6 is 0 Å². The van der Waals surface area contributed by atoms with Crippen LogP contribution in [0, 0.1) is 0 Å². The number of carbonyl (C=O) groups excluding carboxylic acids is 1. The minimum atomic E-state index is -0.0500. The first-order valence-electron chi connectivity index (χ1n) is 7.94. The van der Waals surface area contributed by atoms with Gasteiger partial charge in [-0.05, 0) is 56.2 Å². The summed E-state index contributed by atoms with van der Waals surface area (Å²) >= 11 is 0. The van der Waals surface area contributed by atoms with Gasteiger partial charge in [-0.2, -0.15) is 0 Å². The minimum absolute atomic E-state index is 0.0500. The van der Waals surface area contributed by atoms with Crippen molar-refractivity contribution in [1.82, 2.24) is 5.32 Å². The fourth-order valence-corrected chi connectivity index (χ4v) is 2.52. The van der Waals surface area contributed by atoms with Crippen LogP contribution < -0.4 is 10.1 Å². The lowest BCUT2D eigenvalue weighted by Gasteiger charge is -2.13. The molecule has 0 aliphatic heterocycles. The Balaban J connectivity index is 1.63. The van der Waals surface area contributed by atoms with Gasteiger partial charge in [0.05, 0.1) is 0 Å². The first kappa shape index (κ1) is 15.6. The van der Waals surface area contributed by atoms with E-state index in [1.165, 1.54) is 36.8 Å². The third kappa shape index (κ3) is 5.62. The second-order valence-electron chi connectivity index (χ2n) is 5.49. The summed E-state index contributed by atoms with van der Waals surface area (Å²) in [6, 6.07) is 7.89. The molecule has 3 heteroatoms. The molecule has 0 unspecified atom stereocenters. The third-order valence-electron chi connectivity index (χ3n) is 3.85. The second-order valence-corrected chi connectivity index (χ2v) is 5.49. The first-order chi connectivity index (χ1) is 10.3. The molecule has 1 aromatic carbocycles. The van der Waals surface area contributed by atoms with Crippen molar-refractivity contribution in [3.8, 4) is 5.75 Å². The lowest BCUT2D eigenvalue weighted by atomic mass is 9.97. The van der Waals surface area contributed by atoms with E-state index in [1.54, 1.807) is 0 Å². The molecule has 1 aliphatic rings. The van der Waals surface area contributed by atoms with Crippen molar-refractivity contribution in [2.24, 2.45) is 0 Å². The minimum Gasteiger partial charge on any atom is -0.484 e. The summed E-state index contributed by atoms with van der Waals surface area (Å²) in [6.07, 6.45) is 9.28. The van der Waals surface area contributed by atoms with E-state index in [-0.39, 0.29) is 12.5 Å². The van der Waals surface area contributed by atoms with E-state index in [0.717, 1.165) is 18.6 Å². The molecule has 0 radical (unpaired) electrons. The van der Waals surface area contributed by atoms with Gasteiger partial charge in [0.1, 0.15) is 5.75 Å². The maximum absolute atomic E-state index is 11.7. The zero-order valence-electron chi connectivity index (χ0n) is 12.9. The summed E-state index contributed by atoms with van der Waals surface area (Å²) in [5, 5.41) is 2.92. The molecule has 0 spiro atoms. The molecule has 0 aromatic heterocycles. The van der Waals surface area contributed by atoms with E-state index < -0.39 is 0 Å². The molecule has 0 heterocycles.